The van der Waals surface area contributed by atoms with Crippen LogP contribution >= 0.6 is 0 Å². The third-order valence-corrected chi connectivity index (χ3v) is 6.73. The van der Waals surface area contributed by atoms with Crippen LogP contribution in [0.2, 0.25) is 0 Å². The van der Waals surface area contributed by atoms with Crippen LogP contribution in [0.1, 0.15) is 66.8 Å². The first-order valence-electron chi connectivity index (χ1n) is 11.2. The minimum atomic E-state index is -0.516. The highest BCUT2D eigenvalue weighted by atomic mass is 16.1. The SMILES string of the molecule is NC(=O)c1cnc(Nc2ccc(C3CCN(C4CCC4)CC3)cc2)nc1NC1CC1. The molecule has 158 valence electrons. The molecule has 3 fully saturated rings. The van der Waals surface area contributed by atoms with Gasteiger partial charge in [0.1, 0.15) is 5.82 Å². The zero-order valence-electron chi connectivity index (χ0n) is 17.3. The molecule has 0 radical (unpaired) electrons. The van der Waals surface area contributed by atoms with E-state index in [9.17, 15) is 4.79 Å². The van der Waals surface area contributed by atoms with Crippen LogP contribution in [0.15, 0.2) is 30.5 Å². The van der Waals surface area contributed by atoms with Crippen molar-refractivity contribution in [1.82, 2.24) is 14.9 Å². The molecule has 7 nitrogen and oxygen atoms in total. The molecule has 1 aromatic heterocycles. The summed E-state index contributed by atoms with van der Waals surface area (Å²) in [6.45, 7) is 2.46. The van der Waals surface area contributed by atoms with Gasteiger partial charge >= 0.3 is 0 Å². The van der Waals surface area contributed by atoms with Crippen molar-refractivity contribution in [3.05, 3.63) is 41.6 Å². The number of carbonyl (C=O) groups excluding carboxylic acids is 1. The Morgan fingerprint density at radius 1 is 1.03 bits per heavy atom. The molecule has 1 aliphatic heterocycles. The van der Waals surface area contributed by atoms with Crippen LogP contribution in [-0.4, -0.2) is 45.9 Å². The van der Waals surface area contributed by atoms with Crippen molar-refractivity contribution >= 4 is 23.4 Å². The summed E-state index contributed by atoms with van der Waals surface area (Å²) >= 11 is 0. The van der Waals surface area contributed by atoms with Crippen molar-refractivity contribution in [3.8, 4) is 0 Å². The quantitative estimate of drug-likeness (QED) is 0.650. The van der Waals surface area contributed by atoms with Crippen LogP contribution in [-0.2, 0) is 0 Å². The van der Waals surface area contributed by atoms with Crippen molar-refractivity contribution in [2.24, 2.45) is 5.73 Å². The number of nitrogens with two attached hydrogens (primary N) is 1. The Bertz CT molecular complexity index is 898. The van der Waals surface area contributed by atoms with Crippen molar-refractivity contribution in [3.63, 3.8) is 0 Å². The molecule has 7 heteroatoms. The second-order valence-electron chi connectivity index (χ2n) is 8.88. The molecule has 2 heterocycles. The first-order chi connectivity index (χ1) is 14.7. The number of rotatable bonds is 7. The lowest BCUT2D eigenvalue weighted by molar-refractivity contribution is 0.0975. The Hall–Kier alpha value is -2.67. The number of likely N-dealkylation sites (tertiary alicyclic amines) is 1. The van der Waals surface area contributed by atoms with Crippen LogP contribution < -0.4 is 16.4 Å². The van der Waals surface area contributed by atoms with Crippen molar-refractivity contribution in [2.75, 3.05) is 23.7 Å². The number of primary amides is 1. The summed E-state index contributed by atoms with van der Waals surface area (Å²) in [5.74, 6) is 1.11. The Kier molecular flexibility index (Phi) is 5.29. The second kappa shape index (κ2) is 8.22. The number of nitrogens with zero attached hydrogens (tertiary/aromatic N) is 3. The van der Waals surface area contributed by atoms with Crippen molar-refractivity contribution in [2.45, 2.75) is 62.9 Å². The number of piperidine rings is 1. The predicted octanol–water partition coefficient (Wildman–Crippen LogP) is 3.63. The lowest BCUT2D eigenvalue weighted by Crippen LogP contribution is -2.44. The van der Waals surface area contributed by atoms with Gasteiger partial charge < -0.3 is 21.3 Å². The zero-order valence-corrected chi connectivity index (χ0v) is 17.3. The summed E-state index contributed by atoms with van der Waals surface area (Å²) in [6, 6.07) is 9.85. The summed E-state index contributed by atoms with van der Waals surface area (Å²) in [5.41, 5.74) is 8.14. The third kappa shape index (κ3) is 4.26. The Balaban J connectivity index is 1.22. The zero-order chi connectivity index (χ0) is 20.5. The van der Waals surface area contributed by atoms with Gasteiger partial charge in [0, 0.05) is 24.0 Å². The molecule has 0 unspecified atom stereocenters. The van der Waals surface area contributed by atoms with E-state index in [-0.39, 0.29) is 0 Å². The smallest absolute Gasteiger partial charge is 0.254 e. The van der Waals surface area contributed by atoms with Gasteiger partial charge in [0.05, 0.1) is 5.56 Å². The number of carbonyl (C=O) groups is 1. The van der Waals surface area contributed by atoms with Gasteiger partial charge in [0.2, 0.25) is 5.95 Å². The van der Waals surface area contributed by atoms with Gasteiger partial charge in [-0.05, 0) is 75.2 Å². The van der Waals surface area contributed by atoms with Gasteiger partial charge in [-0.25, -0.2) is 4.98 Å². The maximum Gasteiger partial charge on any atom is 0.254 e. The van der Waals surface area contributed by atoms with Gasteiger partial charge in [0.25, 0.3) is 5.91 Å². The second-order valence-corrected chi connectivity index (χ2v) is 8.88. The molecule has 0 bridgehead atoms. The van der Waals surface area contributed by atoms with E-state index in [1.165, 1.54) is 57.0 Å². The number of aromatic nitrogens is 2. The molecule has 4 N–H and O–H groups in total. The normalized spacial score (nSPS) is 20.5. The lowest BCUT2D eigenvalue weighted by atomic mass is 9.85. The van der Waals surface area contributed by atoms with E-state index in [2.05, 4.69) is 49.8 Å². The fourth-order valence-electron chi connectivity index (χ4n) is 4.47. The molecule has 2 aromatic rings. The first kappa shape index (κ1) is 19.3. The highest BCUT2D eigenvalue weighted by Crippen LogP contribution is 2.34. The van der Waals surface area contributed by atoms with E-state index in [0.29, 0.717) is 29.3 Å². The minimum absolute atomic E-state index is 0.330. The highest BCUT2D eigenvalue weighted by molar-refractivity contribution is 5.97. The molecule has 1 saturated heterocycles. The van der Waals surface area contributed by atoms with Crippen LogP contribution in [0.25, 0.3) is 0 Å². The van der Waals surface area contributed by atoms with Crippen LogP contribution in [0.3, 0.4) is 0 Å². The maximum atomic E-state index is 11.6. The maximum absolute atomic E-state index is 11.6. The number of hydrogen-bond acceptors (Lipinski definition) is 6. The standard InChI is InChI=1S/C23H30N6O/c24-21(30)20-14-25-23(28-22(20)26-17-8-9-17)27-18-6-4-15(5-7-18)16-10-12-29(13-11-16)19-2-1-3-19/h4-7,14,16-17,19H,1-3,8-13H2,(H2,24,30)(H2,25,26,27,28). The highest BCUT2D eigenvalue weighted by Gasteiger charge is 2.29. The fraction of sp³-hybridized carbons (Fsp3) is 0.522. The molecule has 1 amide bonds. The molecule has 2 aliphatic carbocycles. The first-order valence-corrected chi connectivity index (χ1v) is 11.2. The molecule has 30 heavy (non-hydrogen) atoms. The monoisotopic (exact) mass is 406 g/mol. The van der Waals surface area contributed by atoms with Crippen LogP contribution in [0, 0.1) is 0 Å². The van der Waals surface area contributed by atoms with E-state index in [4.69, 9.17) is 5.73 Å². The van der Waals surface area contributed by atoms with Gasteiger partial charge in [0.15, 0.2) is 0 Å². The van der Waals surface area contributed by atoms with Gasteiger partial charge in [-0.3, -0.25) is 4.79 Å². The van der Waals surface area contributed by atoms with E-state index in [0.717, 1.165) is 24.6 Å². The average molecular weight is 407 g/mol. The molecule has 3 aliphatic rings. The van der Waals surface area contributed by atoms with E-state index < -0.39 is 5.91 Å². The summed E-state index contributed by atoms with van der Waals surface area (Å²) in [6.07, 6.45) is 10.4. The molecule has 0 spiro atoms. The largest absolute Gasteiger partial charge is 0.367 e. The third-order valence-electron chi connectivity index (χ3n) is 6.73. The molecule has 2 saturated carbocycles. The summed E-state index contributed by atoms with van der Waals surface area (Å²) in [4.78, 5) is 23.1. The van der Waals surface area contributed by atoms with Crippen molar-refractivity contribution < 1.29 is 4.79 Å². The van der Waals surface area contributed by atoms with Crippen molar-refractivity contribution in [1.29, 1.82) is 0 Å². The summed E-state index contributed by atoms with van der Waals surface area (Å²) < 4.78 is 0. The van der Waals surface area contributed by atoms with Gasteiger partial charge in [-0.15, -0.1) is 0 Å². The molecule has 1 aromatic carbocycles. The van der Waals surface area contributed by atoms with Crippen LogP contribution in [0.4, 0.5) is 17.5 Å². The topological polar surface area (TPSA) is 96.2 Å². The number of anilines is 3. The number of amides is 1. The Labute approximate surface area is 177 Å². The molecule has 5 rings (SSSR count). The molecular formula is C23H30N6O. The predicted molar refractivity (Wildman–Crippen MR) is 118 cm³/mol. The number of nitrogens with one attached hydrogen (secondary N) is 2. The van der Waals surface area contributed by atoms with E-state index >= 15 is 0 Å². The lowest BCUT2D eigenvalue weighted by Gasteiger charge is -2.42. The average Bonchev–Trinajstić information content (AvgIpc) is 3.52. The van der Waals surface area contributed by atoms with E-state index in [1.807, 2.05) is 0 Å². The Morgan fingerprint density at radius 2 is 1.77 bits per heavy atom. The summed E-state index contributed by atoms with van der Waals surface area (Å²) in [7, 11) is 0. The van der Waals surface area contributed by atoms with E-state index in [1.54, 1.807) is 0 Å². The number of hydrogen-bond donors (Lipinski definition) is 3. The fourth-order valence-corrected chi connectivity index (χ4v) is 4.47. The van der Waals surface area contributed by atoms with Gasteiger partial charge in [-0.1, -0.05) is 18.6 Å². The Morgan fingerprint density at radius 3 is 2.37 bits per heavy atom. The van der Waals surface area contributed by atoms with Gasteiger partial charge in [-0.2, -0.15) is 4.98 Å². The molecular weight excluding hydrogens is 376 g/mol. The molecule has 0 atom stereocenters. The van der Waals surface area contributed by atoms with Crippen LogP contribution in [0.5, 0.6) is 0 Å². The number of benzene rings is 1. The summed E-state index contributed by atoms with van der Waals surface area (Å²) in [5, 5.41) is 6.52. The minimum Gasteiger partial charge on any atom is -0.367 e.